The number of ether oxygens (including phenoxy) is 1. The zero-order valence-corrected chi connectivity index (χ0v) is 13.5. The van der Waals surface area contributed by atoms with Crippen molar-refractivity contribution in [3.63, 3.8) is 0 Å². The Hall–Kier alpha value is -1.69. The number of aldehydes is 1. The topological polar surface area (TPSA) is 44.1 Å². The lowest BCUT2D eigenvalue weighted by atomic mass is 10.2. The minimum atomic E-state index is -0.494. The molecule has 0 spiro atoms. The maximum atomic E-state index is 13.4. The van der Waals surface area contributed by atoms with E-state index in [2.05, 4.69) is 21.0 Å². The Morgan fingerprint density at radius 3 is 2.76 bits per heavy atom. The average Bonchev–Trinajstić information content (AvgIpc) is 2.80. The van der Waals surface area contributed by atoms with Gasteiger partial charge in [0.15, 0.2) is 0 Å². The quantitative estimate of drug-likeness (QED) is 0.742. The van der Waals surface area contributed by atoms with Crippen LogP contribution in [0.3, 0.4) is 0 Å². The van der Waals surface area contributed by atoms with Crippen LogP contribution in [0.5, 0.6) is 5.75 Å². The van der Waals surface area contributed by atoms with Gasteiger partial charge in [-0.25, -0.2) is 4.39 Å². The Labute approximate surface area is 131 Å². The van der Waals surface area contributed by atoms with Gasteiger partial charge < -0.3 is 4.74 Å². The number of hydrogen-bond acceptors (Lipinski definition) is 3. The molecular weight excluding hydrogens is 339 g/mol. The molecule has 0 atom stereocenters. The highest BCUT2D eigenvalue weighted by Gasteiger charge is 2.14. The minimum absolute atomic E-state index is 0.252. The molecule has 2 rings (SSSR count). The van der Waals surface area contributed by atoms with Gasteiger partial charge in [-0.15, -0.1) is 0 Å². The van der Waals surface area contributed by atoms with Crippen LogP contribution in [-0.4, -0.2) is 16.1 Å². The fourth-order valence-electron chi connectivity index (χ4n) is 2.04. The molecule has 0 saturated heterocycles. The van der Waals surface area contributed by atoms with Gasteiger partial charge in [-0.2, -0.15) is 5.10 Å². The molecule has 0 unspecified atom stereocenters. The van der Waals surface area contributed by atoms with Crippen molar-refractivity contribution in [1.29, 1.82) is 0 Å². The van der Waals surface area contributed by atoms with Crippen LogP contribution < -0.4 is 4.74 Å². The van der Waals surface area contributed by atoms with Crippen LogP contribution in [0.4, 0.5) is 4.39 Å². The Morgan fingerprint density at radius 2 is 2.14 bits per heavy atom. The second kappa shape index (κ2) is 6.85. The van der Waals surface area contributed by atoms with E-state index in [9.17, 15) is 9.18 Å². The van der Waals surface area contributed by atoms with Gasteiger partial charge in [0.1, 0.15) is 24.5 Å². The van der Waals surface area contributed by atoms with Crippen molar-refractivity contribution < 1.29 is 13.9 Å². The fraction of sp³-hybridized carbons (Fsp3) is 0.333. The van der Waals surface area contributed by atoms with Crippen molar-refractivity contribution in [2.24, 2.45) is 0 Å². The molecule has 0 aliphatic carbocycles. The van der Waals surface area contributed by atoms with Crippen molar-refractivity contribution in [1.82, 2.24) is 9.78 Å². The minimum Gasteiger partial charge on any atom is -0.487 e. The molecule has 2 aromatic rings. The maximum Gasteiger partial charge on any atom is 0.150 e. The van der Waals surface area contributed by atoms with Crippen molar-refractivity contribution in [2.45, 2.75) is 33.4 Å². The third-order valence-electron chi connectivity index (χ3n) is 3.10. The second-order valence-corrected chi connectivity index (χ2v) is 5.30. The molecular formula is C15H16BrFN2O2. The lowest BCUT2D eigenvalue weighted by Crippen LogP contribution is -2.07. The highest BCUT2D eigenvalue weighted by molar-refractivity contribution is 9.10. The van der Waals surface area contributed by atoms with Gasteiger partial charge in [0, 0.05) is 18.2 Å². The van der Waals surface area contributed by atoms with Crippen LogP contribution >= 0.6 is 15.9 Å². The SMILES string of the molecule is CCc1nn(CC)c(COc2cc(F)cc(C=O)c2)c1Br. The van der Waals surface area contributed by atoms with E-state index in [0.29, 0.717) is 12.0 Å². The first-order valence-electron chi connectivity index (χ1n) is 6.71. The summed E-state index contributed by atoms with van der Waals surface area (Å²) in [7, 11) is 0. The Morgan fingerprint density at radius 1 is 1.38 bits per heavy atom. The molecule has 0 fully saturated rings. The third kappa shape index (κ3) is 3.50. The van der Waals surface area contributed by atoms with Crippen LogP contribution in [-0.2, 0) is 19.6 Å². The Bertz CT molecular complexity index is 655. The fourth-order valence-corrected chi connectivity index (χ4v) is 2.72. The summed E-state index contributed by atoms with van der Waals surface area (Å²) in [6, 6.07) is 3.94. The van der Waals surface area contributed by atoms with Crippen LogP contribution in [0.1, 0.15) is 35.6 Å². The number of nitrogens with zero attached hydrogens (tertiary/aromatic N) is 2. The Balaban J connectivity index is 2.22. The smallest absolute Gasteiger partial charge is 0.150 e. The van der Waals surface area contributed by atoms with E-state index in [1.165, 1.54) is 18.2 Å². The van der Waals surface area contributed by atoms with Crippen LogP contribution in [0.25, 0.3) is 0 Å². The van der Waals surface area contributed by atoms with Gasteiger partial charge in [-0.3, -0.25) is 9.48 Å². The van der Waals surface area contributed by atoms with Gasteiger partial charge in [-0.05, 0) is 41.4 Å². The lowest BCUT2D eigenvalue weighted by molar-refractivity contribution is 0.112. The summed E-state index contributed by atoms with van der Waals surface area (Å²) < 4.78 is 21.7. The molecule has 1 aromatic carbocycles. The average molecular weight is 355 g/mol. The van der Waals surface area contributed by atoms with Crippen molar-refractivity contribution in [2.75, 3.05) is 0 Å². The summed E-state index contributed by atoms with van der Waals surface area (Å²) >= 11 is 3.53. The first-order valence-corrected chi connectivity index (χ1v) is 7.50. The number of aryl methyl sites for hydroxylation is 2. The number of benzene rings is 1. The highest BCUT2D eigenvalue weighted by atomic mass is 79.9. The normalized spacial score (nSPS) is 10.7. The zero-order chi connectivity index (χ0) is 15.4. The third-order valence-corrected chi connectivity index (χ3v) is 4.01. The van der Waals surface area contributed by atoms with Gasteiger partial charge >= 0.3 is 0 Å². The molecule has 112 valence electrons. The molecule has 1 aromatic heterocycles. The maximum absolute atomic E-state index is 13.4. The summed E-state index contributed by atoms with van der Waals surface area (Å²) in [6.45, 7) is 5.00. The first-order chi connectivity index (χ1) is 10.1. The molecule has 0 amide bonds. The van der Waals surface area contributed by atoms with E-state index in [1.807, 2.05) is 18.5 Å². The largest absolute Gasteiger partial charge is 0.487 e. The standard InChI is InChI=1S/C15H16BrFN2O2/c1-3-13-15(16)14(19(4-2)18-13)9-21-12-6-10(8-20)5-11(17)7-12/h5-8H,3-4,9H2,1-2H3. The monoisotopic (exact) mass is 354 g/mol. The number of aromatic nitrogens is 2. The number of rotatable bonds is 6. The number of halogens is 2. The summed E-state index contributed by atoms with van der Waals surface area (Å²) in [6.07, 6.45) is 1.41. The number of carbonyl (C=O) groups is 1. The van der Waals surface area contributed by atoms with Crippen LogP contribution in [0, 0.1) is 5.82 Å². The van der Waals surface area contributed by atoms with Gasteiger partial charge in [0.25, 0.3) is 0 Å². The van der Waals surface area contributed by atoms with E-state index in [1.54, 1.807) is 0 Å². The molecule has 0 aliphatic rings. The summed E-state index contributed by atoms with van der Waals surface area (Å²) in [5.74, 6) is -0.169. The predicted octanol–water partition coefficient (Wildman–Crippen LogP) is 3.76. The van der Waals surface area contributed by atoms with Crippen LogP contribution in [0.15, 0.2) is 22.7 Å². The molecule has 0 bridgehead atoms. The van der Waals surface area contributed by atoms with E-state index in [-0.39, 0.29) is 12.2 Å². The van der Waals surface area contributed by atoms with E-state index >= 15 is 0 Å². The number of hydrogen-bond donors (Lipinski definition) is 0. The second-order valence-electron chi connectivity index (χ2n) is 4.50. The molecule has 0 aliphatic heterocycles. The van der Waals surface area contributed by atoms with Gasteiger partial charge in [0.2, 0.25) is 0 Å². The molecule has 6 heteroatoms. The van der Waals surface area contributed by atoms with Crippen molar-refractivity contribution in [3.05, 3.63) is 45.4 Å². The van der Waals surface area contributed by atoms with Crippen LogP contribution in [0.2, 0.25) is 0 Å². The molecule has 0 radical (unpaired) electrons. The van der Waals surface area contributed by atoms with Gasteiger partial charge in [0.05, 0.1) is 15.9 Å². The highest BCUT2D eigenvalue weighted by Crippen LogP contribution is 2.24. The molecule has 1 heterocycles. The summed E-state index contributed by atoms with van der Waals surface area (Å²) in [5, 5.41) is 4.47. The lowest BCUT2D eigenvalue weighted by Gasteiger charge is -2.09. The molecule has 0 N–H and O–H groups in total. The molecule has 0 saturated carbocycles. The zero-order valence-electron chi connectivity index (χ0n) is 11.9. The number of carbonyl (C=O) groups excluding carboxylic acids is 1. The summed E-state index contributed by atoms with van der Waals surface area (Å²) in [5.41, 5.74) is 2.11. The van der Waals surface area contributed by atoms with E-state index < -0.39 is 5.82 Å². The first kappa shape index (κ1) is 15.7. The Kier molecular flexibility index (Phi) is 5.12. The van der Waals surface area contributed by atoms with Crippen molar-refractivity contribution >= 4 is 22.2 Å². The molecule has 4 nitrogen and oxygen atoms in total. The predicted molar refractivity (Wildman–Crippen MR) is 81.1 cm³/mol. The van der Waals surface area contributed by atoms with Crippen molar-refractivity contribution in [3.8, 4) is 5.75 Å². The molecule has 21 heavy (non-hydrogen) atoms. The van der Waals surface area contributed by atoms with Gasteiger partial charge in [-0.1, -0.05) is 6.92 Å². The van der Waals surface area contributed by atoms with E-state index in [0.717, 1.165) is 28.8 Å². The van der Waals surface area contributed by atoms with E-state index in [4.69, 9.17) is 4.74 Å². The summed E-state index contributed by atoms with van der Waals surface area (Å²) in [4.78, 5) is 10.7.